The average Bonchev–Trinajstić information content (AvgIpc) is 3.05. The van der Waals surface area contributed by atoms with E-state index in [0.717, 1.165) is 0 Å². The molecule has 0 bridgehead atoms. The second kappa shape index (κ2) is 25.4. The smallest absolute Gasteiger partial charge is 0.431 e. The van der Waals surface area contributed by atoms with Gasteiger partial charge >= 0.3 is 37.1 Å². The number of unbranched alkanes of at least 4 members (excludes halogenated alkanes) is 2. The van der Waals surface area contributed by atoms with Crippen LogP contribution in [0.2, 0.25) is 0 Å². The van der Waals surface area contributed by atoms with E-state index in [2.05, 4.69) is 9.44 Å². The molecule has 0 fully saturated rings. The quantitative estimate of drug-likeness (QED) is 0.0246. The van der Waals surface area contributed by atoms with Crippen molar-refractivity contribution in [1.29, 1.82) is 0 Å². The van der Waals surface area contributed by atoms with E-state index in [1.807, 2.05) is 0 Å². The van der Waals surface area contributed by atoms with Crippen molar-refractivity contribution in [3.63, 3.8) is 0 Å². The molecule has 2 atom stereocenters. The lowest BCUT2D eigenvalue weighted by Gasteiger charge is -2.33. The van der Waals surface area contributed by atoms with E-state index >= 15 is 0 Å². The van der Waals surface area contributed by atoms with Gasteiger partial charge < -0.3 is 14.8 Å². The Balaban J connectivity index is -0.00000110. The number of hydrogen-bond acceptors (Lipinski definition) is 8. The third-order valence-electron chi connectivity index (χ3n) is 8.51. The summed E-state index contributed by atoms with van der Waals surface area (Å²) >= 11 is 0. The minimum atomic E-state index is -6.61. The van der Waals surface area contributed by atoms with Gasteiger partial charge in [0.05, 0.1) is 44.0 Å². The highest BCUT2D eigenvalue weighted by molar-refractivity contribution is 7.89. The molecule has 0 saturated heterocycles. The van der Waals surface area contributed by atoms with E-state index in [1.165, 1.54) is 14.1 Å². The maximum atomic E-state index is 13.7. The van der Waals surface area contributed by atoms with Crippen LogP contribution in [0.1, 0.15) is 64.2 Å². The molecule has 2 unspecified atom stereocenters. The van der Waals surface area contributed by atoms with E-state index < -0.39 is 148 Å². The zero-order chi connectivity index (χ0) is 51.0. The summed E-state index contributed by atoms with van der Waals surface area (Å²) in [5.41, 5.74) is -12.1. The summed E-state index contributed by atoms with van der Waals surface area (Å²) in [6.45, 7) is 0.532. The third kappa shape index (κ3) is 25.6. The lowest BCUT2D eigenvalue weighted by atomic mass is 9.87. The molecule has 63 heavy (non-hydrogen) atoms. The topological polar surface area (TPSA) is 159 Å². The van der Waals surface area contributed by atoms with Crippen molar-refractivity contribution in [2.45, 2.75) is 113 Å². The standard InChI is InChI=1S/C15H24F10N2O3S.C15H24F10N2O2S.H2O2/c1-27(2,28)8-5-7-26-31(29,30)9-4-3-6-11(13(17,18)19)10-12(16,14(20,21)22)15(23,24)25;1-27(2)8-5-7-26-30(28,29)9-4-3-6-11(13(17,18)19)10-12(16,14(20,21)22)15(23,24)25;1-2/h11,26H,3-10H2,1-2H3;11,26H,3-10H2,1-2H3;1-2H. The van der Waals surface area contributed by atoms with E-state index in [1.54, 1.807) is 19.0 Å². The van der Waals surface area contributed by atoms with E-state index in [9.17, 15) is 110 Å². The Kier molecular flexibility index (Phi) is 26.4. The van der Waals surface area contributed by atoms with Gasteiger partial charge in [0.1, 0.15) is 0 Å². The summed E-state index contributed by atoms with van der Waals surface area (Å²) in [6, 6.07) is 0. The molecule has 0 aliphatic rings. The molecule has 33 heteroatoms. The molecule has 0 aromatic carbocycles. The zero-order valence-corrected chi connectivity index (χ0v) is 35.3. The largest absolute Gasteiger partial charge is 0.633 e. The van der Waals surface area contributed by atoms with Gasteiger partial charge in [-0.05, 0) is 52.7 Å². The van der Waals surface area contributed by atoms with Crippen molar-refractivity contribution >= 4 is 20.0 Å². The molecular weight excluding hydrogens is 972 g/mol. The van der Waals surface area contributed by atoms with Crippen LogP contribution in [0.4, 0.5) is 87.8 Å². The number of rotatable bonds is 24. The van der Waals surface area contributed by atoms with E-state index in [4.69, 9.17) is 10.5 Å². The molecule has 0 aliphatic carbocycles. The fourth-order valence-electron chi connectivity index (χ4n) is 5.05. The summed E-state index contributed by atoms with van der Waals surface area (Å²) in [7, 11) is -1.75. The molecule has 0 aromatic heterocycles. The van der Waals surface area contributed by atoms with Gasteiger partial charge in [-0.25, -0.2) is 35.1 Å². The SMILES string of the molecule is CN(C)CCCNS(=O)(=O)CCCCC(CC(F)(C(F)(F)F)C(F)(F)F)C(F)(F)F.C[N+](C)([O-])CCCNS(=O)(=O)CCCCC(CC(F)(C(F)(F)F)C(F)(F)F)C(F)(F)F.OO. The summed E-state index contributed by atoms with van der Waals surface area (Å²) in [6.07, 6.45) is -47.6. The Morgan fingerprint density at radius 3 is 1.05 bits per heavy atom. The van der Waals surface area contributed by atoms with Crippen LogP contribution in [0.3, 0.4) is 0 Å². The summed E-state index contributed by atoms with van der Waals surface area (Å²) in [4.78, 5) is 1.78. The van der Waals surface area contributed by atoms with Crippen molar-refractivity contribution in [2.75, 3.05) is 65.9 Å². The third-order valence-corrected chi connectivity index (χ3v) is 11.4. The lowest BCUT2D eigenvalue weighted by Crippen LogP contribution is -2.55. The number of quaternary nitrogens is 1. The zero-order valence-electron chi connectivity index (χ0n) is 33.7. The van der Waals surface area contributed by atoms with Gasteiger partial charge in [0.2, 0.25) is 20.0 Å². The highest BCUT2D eigenvalue weighted by Gasteiger charge is 2.75. The van der Waals surface area contributed by atoms with Crippen LogP contribution in [-0.4, -0.2) is 151 Å². The Hall–Kier alpha value is -1.78. The monoisotopic (exact) mass is 1020 g/mol. The van der Waals surface area contributed by atoms with Crippen LogP contribution < -0.4 is 9.44 Å². The second-order valence-corrected chi connectivity index (χ2v) is 18.6. The van der Waals surface area contributed by atoms with Gasteiger partial charge in [-0.2, -0.15) is 79.0 Å². The predicted octanol–water partition coefficient (Wildman–Crippen LogP) is 8.89. The molecule has 0 aromatic rings. The number of sulfonamides is 2. The second-order valence-electron chi connectivity index (χ2n) is 14.7. The fourth-order valence-corrected chi connectivity index (χ4v) is 7.41. The number of halogens is 20. The van der Waals surface area contributed by atoms with Crippen molar-refractivity contribution in [3.8, 4) is 0 Å². The van der Waals surface area contributed by atoms with Gasteiger partial charge in [-0.1, -0.05) is 12.8 Å². The van der Waals surface area contributed by atoms with Crippen molar-refractivity contribution in [2.24, 2.45) is 11.8 Å². The normalized spacial score (nSPS) is 15.4. The predicted molar refractivity (Wildman–Crippen MR) is 185 cm³/mol. The first-order valence-corrected chi connectivity index (χ1v) is 21.2. The molecular formula is C30H50F20N4O7S2. The van der Waals surface area contributed by atoms with Crippen molar-refractivity contribution in [3.05, 3.63) is 5.21 Å². The fraction of sp³-hybridized carbons (Fsp3) is 1.00. The lowest BCUT2D eigenvalue weighted by molar-refractivity contribution is -0.840. The maximum Gasteiger partial charge on any atom is 0.431 e. The molecule has 0 aliphatic heterocycles. The average molecular weight is 1020 g/mol. The van der Waals surface area contributed by atoms with E-state index in [-0.39, 0.29) is 26.1 Å². The van der Waals surface area contributed by atoms with Gasteiger partial charge in [-0.3, -0.25) is 10.5 Å². The molecule has 0 heterocycles. The first-order valence-electron chi connectivity index (χ1n) is 17.9. The van der Waals surface area contributed by atoms with Crippen molar-refractivity contribution < 1.29 is 120 Å². The Morgan fingerprint density at radius 2 is 0.810 bits per heavy atom. The Bertz CT molecular complexity index is 1470. The highest BCUT2D eigenvalue weighted by Crippen LogP contribution is 2.53. The first kappa shape index (κ1) is 65.5. The minimum Gasteiger partial charge on any atom is -0.633 e. The molecule has 0 rings (SSSR count). The van der Waals surface area contributed by atoms with Crippen LogP contribution in [0, 0.1) is 17.0 Å². The summed E-state index contributed by atoms with van der Waals surface area (Å²) < 4.78 is 306. The van der Waals surface area contributed by atoms with Crippen molar-refractivity contribution in [1.82, 2.24) is 14.3 Å². The van der Waals surface area contributed by atoms with Crippen LogP contribution in [0.5, 0.6) is 0 Å². The number of nitrogens with one attached hydrogen (secondary N) is 2. The molecule has 384 valence electrons. The summed E-state index contributed by atoms with van der Waals surface area (Å²) in [5.74, 6) is -7.94. The Labute approximate surface area is 349 Å². The van der Waals surface area contributed by atoms with Crippen LogP contribution in [0.25, 0.3) is 0 Å². The number of hydroxylamine groups is 3. The number of alkyl halides is 20. The molecule has 0 saturated carbocycles. The van der Waals surface area contributed by atoms with E-state index in [0.29, 0.717) is 13.0 Å². The van der Waals surface area contributed by atoms with Gasteiger partial charge in [0.25, 0.3) is 11.3 Å². The van der Waals surface area contributed by atoms with Gasteiger partial charge in [0, 0.05) is 32.4 Å². The van der Waals surface area contributed by atoms with Crippen LogP contribution in [-0.2, 0) is 20.0 Å². The minimum absolute atomic E-state index is 0.0488. The molecule has 0 amide bonds. The first-order chi connectivity index (χ1) is 27.7. The van der Waals surface area contributed by atoms with Crippen LogP contribution in [0.15, 0.2) is 0 Å². The maximum absolute atomic E-state index is 13.7. The van der Waals surface area contributed by atoms with Crippen LogP contribution >= 0.6 is 0 Å². The molecule has 11 nitrogen and oxygen atoms in total. The molecule has 4 N–H and O–H groups in total. The number of hydrogen-bond donors (Lipinski definition) is 4. The van der Waals surface area contributed by atoms with Gasteiger partial charge in [0.15, 0.2) is 0 Å². The highest BCUT2D eigenvalue weighted by atomic mass is 32.2. The molecule has 0 radical (unpaired) electrons. The molecule has 0 spiro atoms. The number of nitrogens with zero attached hydrogens (tertiary/aromatic N) is 2. The Morgan fingerprint density at radius 1 is 0.524 bits per heavy atom. The summed E-state index contributed by atoms with van der Waals surface area (Å²) in [5, 5.41) is 23.3. The van der Waals surface area contributed by atoms with Gasteiger partial charge in [-0.15, -0.1) is 0 Å².